The lowest BCUT2D eigenvalue weighted by molar-refractivity contribution is 1.10. The van der Waals surface area contributed by atoms with Gasteiger partial charge in [-0.15, -0.1) is 0 Å². The summed E-state index contributed by atoms with van der Waals surface area (Å²) >= 11 is 3.76. The van der Waals surface area contributed by atoms with E-state index in [0.717, 1.165) is 11.5 Å². The maximum absolute atomic E-state index is 2.36. The normalized spacial score (nSPS) is 13.7. The Balaban J connectivity index is 1.08. The molecule has 0 aromatic heterocycles. The maximum atomic E-state index is 2.36. The number of rotatable bonds is 5. The molecule has 4 aromatic rings. The molecule has 6 rings (SSSR count). The van der Waals surface area contributed by atoms with Crippen LogP contribution in [0.25, 0.3) is 0 Å². The molecular weight excluding hydrogens is 493 g/mol. The Morgan fingerprint density at radius 2 is 0.941 bits per heavy atom. The van der Waals surface area contributed by atoms with E-state index in [-0.39, 0.29) is 0 Å². The minimum absolute atomic E-state index is 1.01. The molecule has 0 saturated carbocycles. The minimum Gasteiger partial charge on any atom is -0.343 e. The van der Waals surface area contributed by atoms with Gasteiger partial charge in [0, 0.05) is 45.2 Å². The highest BCUT2D eigenvalue weighted by atomic mass is 33.1. The van der Waals surface area contributed by atoms with Gasteiger partial charge in [-0.05, 0) is 59.7 Å². The van der Waals surface area contributed by atoms with E-state index in [4.69, 9.17) is 0 Å². The lowest BCUT2D eigenvalue weighted by atomic mass is 10.2. The van der Waals surface area contributed by atoms with Crippen molar-refractivity contribution in [2.45, 2.75) is 31.1 Å². The molecule has 170 valence electrons. The molecule has 34 heavy (non-hydrogen) atoms. The molecule has 0 fully saturated rings. The van der Waals surface area contributed by atoms with Crippen molar-refractivity contribution in [3.63, 3.8) is 0 Å². The summed E-state index contributed by atoms with van der Waals surface area (Å²) in [6.45, 7) is 0. The molecule has 0 atom stereocenters. The molecule has 2 aliphatic rings. The standard InChI is InChI=1S/C28H24N2S4/c1-29-21-7-3-5-9-25(21)33-27-15-19(11-13-23(27)29)17-31-32-18-20-12-14-24-28(16-20)34-26-10-6-4-8-22(26)30(24)2/h3-16H,17-18H2,1-2H3. The van der Waals surface area contributed by atoms with Crippen LogP contribution in [0.5, 0.6) is 0 Å². The molecule has 0 saturated heterocycles. The summed E-state index contributed by atoms with van der Waals surface area (Å²) < 4.78 is 0. The fourth-order valence-corrected chi connectivity index (χ4v) is 8.91. The number of anilines is 4. The highest BCUT2D eigenvalue weighted by Crippen LogP contribution is 2.49. The molecule has 0 amide bonds. The van der Waals surface area contributed by atoms with Crippen LogP contribution >= 0.6 is 45.1 Å². The van der Waals surface area contributed by atoms with Crippen LogP contribution in [0.2, 0.25) is 0 Å². The van der Waals surface area contributed by atoms with E-state index in [1.807, 2.05) is 45.1 Å². The SMILES string of the molecule is CN1c2ccccc2Sc2cc(CSSCc3ccc4c(c3)Sc3ccccc3N4C)ccc21. The van der Waals surface area contributed by atoms with Gasteiger partial charge in [0.2, 0.25) is 0 Å². The Bertz CT molecular complexity index is 1270. The molecule has 0 unspecified atom stereocenters. The van der Waals surface area contributed by atoms with Crippen molar-refractivity contribution in [1.29, 1.82) is 0 Å². The molecule has 0 aliphatic carbocycles. The smallest absolute Gasteiger partial charge is 0.0550 e. The second-order valence-electron chi connectivity index (χ2n) is 8.39. The summed E-state index contributed by atoms with van der Waals surface area (Å²) in [5.74, 6) is 2.03. The van der Waals surface area contributed by atoms with E-state index in [1.54, 1.807) is 0 Å². The Morgan fingerprint density at radius 3 is 1.41 bits per heavy atom. The third-order valence-corrected chi connectivity index (χ3v) is 10.7. The van der Waals surface area contributed by atoms with Crippen molar-refractivity contribution >= 4 is 67.9 Å². The summed E-state index contributed by atoms with van der Waals surface area (Å²) in [4.78, 5) is 9.96. The van der Waals surface area contributed by atoms with Gasteiger partial charge in [-0.2, -0.15) is 0 Å². The Morgan fingerprint density at radius 1 is 0.529 bits per heavy atom. The van der Waals surface area contributed by atoms with Gasteiger partial charge in [0.05, 0.1) is 22.7 Å². The first-order valence-electron chi connectivity index (χ1n) is 11.2. The maximum Gasteiger partial charge on any atom is 0.0550 e. The number of para-hydroxylation sites is 2. The molecule has 6 heteroatoms. The molecule has 0 radical (unpaired) electrons. The molecule has 2 nitrogen and oxygen atoms in total. The third-order valence-electron chi connectivity index (χ3n) is 6.20. The van der Waals surface area contributed by atoms with E-state index in [2.05, 4.69) is 109 Å². The topological polar surface area (TPSA) is 6.48 Å². The number of benzene rings is 4. The van der Waals surface area contributed by atoms with E-state index in [1.165, 1.54) is 53.5 Å². The van der Waals surface area contributed by atoms with Crippen molar-refractivity contribution in [3.05, 3.63) is 96.1 Å². The van der Waals surface area contributed by atoms with Gasteiger partial charge in [-0.1, -0.05) is 81.5 Å². The number of fused-ring (bicyclic) bond motifs is 4. The summed E-state index contributed by atoms with van der Waals surface area (Å²) in [5.41, 5.74) is 7.93. The van der Waals surface area contributed by atoms with Gasteiger partial charge in [-0.25, -0.2) is 0 Å². The Labute approximate surface area is 217 Å². The lowest BCUT2D eigenvalue weighted by Crippen LogP contribution is -2.14. The van der Waals surface area contributed by atoms with Crippen LogP contribution in [0.15, 0.2) is 105 Å². The van der Waals surface area contributed by atoms with Crippen LogP contribution in [-0.4, -0.2) is 14.1 Å². The van der Waals surface area contributed by atoms with Crippen molar-refractivity contribution in [1.82, 2.24) is 0 Å². The number of nitrogens with zero attached hydrogens (tertiary/aromatic N) is 2. The van der Waals surface area contributed by atoms with E-state index >= 15 is 0 Å². The van der Waals surface area contributed by atoms with Gasteiger partial charge in [0.25, 0.3) is 0 Å². The van der Waals surface area contributed by atoms with Crippen LogP contribution in [0.1, 0.15) is 11.1 Å². The third kappa shape index (κ3) is 4.22. The second-order valence-corrected chi connectivity index (χ2v) is 13.0. The summed E-state index contributed by atoms with van der Waals surface area (Å²) in [6, 6.07) is 31.1. The average Bonchev–Trinajstić information content (AvgIpc) is 2.87. The largest absolute Gasteiger partial charge is 0.343 e. The lowest BCUT2D eigenvalue weighted by Gasteiger charge is -2.29. The van der Waals surface area contributed by atoms with E-state index < -0.39 is 0 Å². The van der Waals surface area contributed by atoms with Crippen molar-refractivity contribution in [2.75, 3.05) is 23.9 Å². The van der Waals surface area contributed by atoms with Gasteiger partial charge >= 0.3 is 0 Å². The van der Waals surface area contributed by atoms with Gasteiger partial charge in [0.15, 0.2) is 0 Å². The molecule has 2 aliphatic heterocycles. The zero-order valence-electron chi connectivity index (χ0n) is 19.0. The minimum atomic E-state index is 1.01. The van der Waals surface area contributed by atoms with Crippen molar-refractivity contribution in [3.8, 4) is 0 Å². The number of hydrogen-bond donors (Lipinski definition) is 0. The van der Waals surface area contributed by atoms with Crippen molar-refractivity contribution < 1.29 is 0 Å². The van der Waals surface area contributed by atoms with Gasteiger partial charge < -0.3 is 9.80 Å². The highest BCUT2D eigenvalue weighted by molar-refractivity contribution is 8.76. The predicted octanol–water partition coefficient (Wildman–Crippen LogP) is 9.23. The Kier molecular flexibility index (Phi) is 6.24. The van der Waals surface area contributed by atoms with Gasteiger partial charge in [0.1, 0.15) is 0 Å². The quantitative estimate of drug-likeness (QED) is 0.191. The zero-order chi connectivity index (χ0) is 23.1. The summed E-state index contributed by atoms with van der Waals surface area (Å²) in [6.07, 6.45) is 0. The highest BCUT2D eigenvalue weighted by Gasteiger charge is 2.21. The van der Waals surface area contributed by atoms with E-state index in [0.29, 0.717) is 0 Å². The van der Waals surface area contributed by atoms with Crippen LogP contribution in [-0.2, 0) is 11.5 Å². The first-order valence-corrected chi connectivity index (χ1v) is 15.3. The molecule has 0 N–H and O–H groups in total. The monoisotopic (exact) mass is 516 g/mol. The van der Waals surface area contributed by atoms with Gasteiger partial charge in [-0.3, -0.25) is 0 Å². The van der Waals surface area contributed by atoms with Crippen LogP contribution in [0.4, 0.5) is 22.7 Å². The first-order chi connectivity index (χ1) is 16.7. The summed E-state index contributed by atoms with van der Waals surface area (Å²) in [7, 11) is 8.21. The first kappa shape index (κ1) is 22.4. The van der Waals surface area contributed by atoms with Crippen molar-refractivity contribution in [2.24, 2.45) is 0 Å². The molecular formula is C28H24N2S4. The fraction of sp³-hybridized carbons (Fsp3) is 0.143. The molecule has 0 spiro atoms. The zero-order valence-corrected chi connectivity index (χ0v) is 22.3. The van der Waals surface area contributed by atoms with Crippen LogP contribution in [0.3, 0.4) is 0 Å². The van der Waals surface area contributed by atoms with Crippen LogP contribution < -0.4 is 9.80 Å². The predicted molar refractivity (Wildman–Crippen MR) is 153 cm³/mol. The second kappa shape index (κ2) is 9.50. The number of hydrogen-bond acceptors (Lipinski definition) is 6. The molecule has 2 heterocycles. The fourth-order valence-electron chi connectivity index (χ4n) is 4.37. The van der Waals surface area contributed by atoms with E-state index in [9.17, 15) is 0 Å². The molecule has 0 bridgehead atoms. The van der Waals surface area contributed by atoms with Crippen LogP contribution in [0, 0.1) is 0 Å². The average molecular weight is 517 g/mol. The Hall–Kier alpha value is -2.12. The summed E-state index contributed by atoms with van der Waals surface area (Å²) in [5, 5.41) is 0. The molecule has 4 aromatic carbocycles.